The molecule has 4 nitrogen and oxygen atoms in total. The minimum Gasteiger partial charge on any atom is -0.333 e. The van der Waals surface area contributed by atoms with Crippen molar-refractivity contribution in [3.8, 4) is 0 Å². The Balaban J connectivity index is 1.55. The summed E-state index contributed by atoms with van der Waals surface area (Å²) in [5, 5.41) is 4.83. The lowest BCUT2D eigenvalue weighted by atomic mass is 10.1. The van der Waals surface area contributed by atoms with Crippen LogP contribution in [0, 0.1) is 0 Å². The number of amides is 2. The van der Waals surface area contributed by atoms with E-state index in [2.05, 4.69) is 23.5 Å². The fourth-order valence-electron chi connectivity index (χ4n) is 3.28. The van der Waals surface area contributed by atoms with E-state index < -0.39 is 0 Å². The normalized spacial score (nSPS) is 15.5. The molecule has 1 N–H and O–H groups in total. The highest BCUT2D eigenvalue weighted by atomic mass is 32.2. The van der Waals surface area contributed by atoms with Crippen molar-refractivity contribution in [3.63, 3.8) is 0 Å². The number of carbonyl (C=O) groups is 2. The molecule has 0 saturated carbocycles. The quantitative estimate of drug-likeness (QED) is 0.604. The van der Waals surface area contributed by atoms with Gasteiger partial charge in [0.15, 0.2) is 0 Å². The zero-order chi connectivity index (χ0) is 20.2. The fraction of sp³-hybridized carbons (Fsp3) is 0.217. The lowest BCUT2D eigenvalue weighted by molar-refractivity contribution is -0.115. The summed E-state index contributed by atoms with van der Waals surface area (Å²) in [6.07, 6.45) is 0.799. The van der Waals surface area contributed by atoms with Crippen molar-refractivity contribution in [1.29, 1.82) is 0 Å². The molecule has 6 heteroatoms. The molecule has 0 saturated heterocycles. The Morgan fingerprint density at radius 3 is 2.69 bits per heavy atom. The number of fused-ring (bicyclic) bond motifs is 1. The molecule has 0 aliphatic carbocycles. The first-order chi connectivity index (χ1) is 14.1. The van der Waals surface area contributed by atoms with E-state index in [-0.39, 0.29) is 17.1 Å². The molecule has 0 unspecified atom stereocenters. The van der Waals surface area contributed by atoms with Gasteiger partial charge in [-0.05, 0) is 48.6 Å². The van der Waals surface area contributed by atoms with E-state index in [0.717, 1.165) is 21.9 Å². The topological polar surface area (TPSA) is 49.4 Å². The Morgan fingerprint density at radius 1 is 1.10 bits per heavy atom. The number of benzene rings is 2. The second kappa shape index (κ2) is 8.84. The third-order valence-electron chi connectivity index (χ3n) is 4.88. The largest absolute Gasteiger partial charge is 0.333 e. The predicted octanol–water partition coefficient (Wildman–Crippen LogP) is 5.07. The van der Waals surface area contributed by atoms with Gasteiger partial charge in [0.1, 0.15) is 0 Å². The third kappa shape index (κ3) is 4.71. The molecule has 0 bridgehead atoms. The molecule has 148 valence electrons. The Hall–Kier alpha value is -2.57. The maximum atomic E-state index is 13.3. The van der Waals surface area contributed by atoms with Crippen molar-refractivity contribution in [2.24, 2.45) is 0 Å². The Bertz CT molecular complexity index is 1000. The molecule has 0 spiro atoms. The predicted molar refractivity (Wildman–Crippen MR) is 120 cm³/mol. The van der Waals surface area contributed by atoms with E-state index in [9.17, 15) is 9.59 Å². The van der Waals surface area contributed by atoms with Crippen LogP contribution >= 0.6 is 23.1 Å². The zero-order valence-electron chi connectivity index (χ0n) is 16.1. The number of thiophene rings is 1. The standard InChI is InChI=1S/C23H22N2O2S2/c1-16-22(26)24-20-14-18(9-10-21(20)29-16)23(27)25(15-19-8-5-13-28-19)12-11-17-6-3-2-4-7-17/h2-10,13-14,16H,11-12,15H2,1H3,(H,24,26)/t16-/m1/s1. The maximum Gasteiger partial charge on any atom is 0.254 e. The molecule has 0 radical (unpaired) electrons. The molecule has 1 aromatic heterocycles. The number of thioether (sulfide) groups is 1. The summed E-state index contributed by atoms with van der Waals surface area (Å²) in [5.74, 6) is -0.0402. The SMILES string of the molecule is C[C@H]1Sc2ccc(C(=O)N(CCc3ccccc3)Cc3cccs3)cc2NC1=O. The number of hydrogen-bond donors (Lipinski definition) is 1. The summed E-state index contributed by atoms with van der Waals surface area (Å²) in [6, 6.07) is 19.9. The summed E-state index contributed by atoms with van der Waals surface area (Å²) in [6.45, 7) is 3.10. The Kier molecular flexibility index (Phi) is 6.02. The molecule has 2 aromatic carbocycles. The van der Waals surface area contributed by atoms with Gasteiger partial charge < -0.3 is 10.2 Å². The minimum atomic E-state index is -0.120. The van der Waals surface area contributed by atoms with Crippen molar-refractivity contribution in [1.82, 2.24) is 4.90 Å². The van der Waals surface area contributed by atoms with E-state index in [1.165, 1.54) is 17.3 Å². The summed E-state index contributed by atoms with van der Waals surface area (Å²) >= 11 is 3.18. The molecule has 1 atom stereocenters. The summed E-state index contributed by atoms with van der Waals surface area (Å²) in [4.78, 5) is 29.4. The van der Waals surface area contributed by atoms with Gasteiger partial charge in [0, 0.05) is 21.9 Å². The molecule has 3 aromatic rings. The highest BCUT2D eigenvalue weighted by Gasteiger charge is 2.25. The van der Waals surface area contributed by atoms with Crippen molar-refractivity contribution in [2.45, 2.75) is 30.0 Å². The Morgan fingerprint density at radius 2 is 1.93 bits per heavy atom. The molecular formula is C23H22N2O2S2. The summed E-state index contributed by atoms with van der Waals surface area (Å²) in [7, 11) is 0. The smallest absolute Gasteiger partial charge is 0.254 e. The van der Waals surface area contributed by atoms with Crippen LogP contribution in [0.5, 0.6) is 0 Å². The number of anilines is 1. The first-order valence-electron chi connectivity index (χ1n) is 9.57. The first-order valence-corrected chi connectivity index (χ1v) is 11.3. The summed E-state index contributed by atoms with van der Waals surface area (Å²) in [5.41, 5.74) is 2.53. The number of nitrogens with zero attached hydrogens (tertiary/aromatic N) is 1. The van der Waals surface area contributed by atoms with Gasteiger partial charge in [0.2, 0.25) is 5.91 Å². The van der Waals surface area contributed by atoms with Gasteiger partial charge in [-0.2, -0.15) is 0 Å². The van der Waals surface area contributed by atoms with Gasteiger partial charge in [0.25, 0.3) is 5.91 Å². The monoisotopic (exact) mass is 422 g/mol. The number of rotatable bonds is 6. The molecule has 29 heavy (non-hydrogen) atoms. The van der Waals surface area contributed by atoms with Crippen LogP contribution in [0.25, 0.3) is 0 Å². The van der Waals surface area contributed by atoms with Crippen LogP contribution in [0.4, 0.5) is 5.69 Å². The molecule has 1 aliphatic rings. The lowest BCUT2D eigenvalue weighted by Gasteiger charge is -2.25. The molecule has 2 heterocycles. The minimum absolute atomic E-state index is 0.0185. The maximum absolute atomic E-state index is 13.3. The average Bonchev–Trinajstić information content (AvgIpc) is 3.25. The molecule has 2 amide bonds. The van der Waals surface area contributed by atoms with Gasteiger partial charge in [0.05, 0.1) is 17.5 Å². The van der Waals surface area contributed by atoms with Gasteiger partial charge in [-0.3, -0.25) is 9.59 Å². The van der Waals surface area contributed by atoms with Gasteiger partial charge in [-0.25, -0.2) is 0 Å². The second-order valence-corrected chi connectivity index (χ2v) is 9.42. The first kappa shape index (κ1) is 19.7. The van der Waals surface area contributed by atoms with E-state index in [0.29, 0.717) is 18.7 Å². The van der Waals surface area contributed by atoms with E-state index in [1.807, 2.05) is 53.6 Å². The van der Waals surface area contributed by atoms with Gasteiger partial charge in [-0.15, -0.1) is 23.1 Å². The van der Waals surface area contributed by atoms with E-state index >= 15 is 0 Å². The number of nitrogens with one attached hydrogen (secondary N) is 1. The van der Waals surface area contributed by atoms with E-state index in [4.69, 9.17) is 0 Å². The fourth-order valence-corrected chi connectivity index (χ4v) is 4.93. The highest BCUT2D eigenvalue weighted by Crippen LogP contribution is 2.36. The lowest BCUT2D eigenvalue weighted by Crippen LogP contribution is -2.32. The average molecular weight is 423 g/mol. The number of hydrogen-bond acceptors (Lipinski definition) is 4. The highest BCUT2D eigenvalue weighted by molar-refractivity contribution is 8.00. The van der Waals surface area contributed by atoms with Crippen LogP contribution in [0.15, 0.2) is 70.9 Å². The number of carbonyl (C=O) groups excluding carboxylic acids is 2. The van der Waals surface area contributed by atoms with Crippen molar-refractivity contribution in [2.75, 3.05) is 11.9 Å². The van der Waals surface area contributed by atoms with Crippen molar-refractivity contribution >= 4 is 40.6 Å². The second-order valence-electron chi connectivity index (χ2n) is 7.00. The van der Waals surface area contributed by atoms with Crippen LogP contribution in [0.2, 0.25) is 0 Å². The van der Waals surface area contributed by atoms with Crippen molar-refractivity contribution in [3.05, 3.63) is 82.0 Å². The summed E-state index contributed by atoms with van der Waals surface area (Å²) < 4.78 is 0. The van der Waals surface area contributed by atoms with Crippen molar-refractivity contribution < 1.29 is 9.59 Å². The molecular weight excluding hydrogens is 400 g/mol. The van der Waals surface area contributed by atoms with Gasteiger partial charge in [-0.1, -0.05) is 36.4 Å². The van der Waals surface area contributed by atoms with Crippen LogP contribution in [0.3, 0.4) is 0 Å². The Labute approximate surface area is 178 Å². The van der Waals surface area contributed by atoms with Crippen LogP contribution in [-0.4, -0.2) is 28.5 Å². The van der Waals surface area contributed by atoms with Crippen LogP contribution in [-0.2, 0) is 17.8 Å². The van der Waals surface area contributed by atoms with Crippen LogP contribution < -0.4 is 5.32 Å². The molecule has 4 rings (SSSR count). The third-order valence-corrected chi connectivity index (χ3v) is 6.92. The molecule has 1 aliphatic heterocycles. The van der Waals surface area contributed by atoms with Crippen LogP contribution in [0.1, 0.15) is 27.7 Å². The zero-order valence-corrected chi connectivity index (χ0v) is 17.8. The van der Waals surface area contributed by atoms with Gasteiger partial charge >= 0.3 is 0 Å². The molecule has 0 fully saturated rings. The van der Waals surface area contributed by atoms with E-state index in [1.54, 1.807) is 17.4 Å².